The zero-order valence-corrected chi connectivity index (χ0v) is 8.79. The third-order valence-corrected chi connectivity index (χ3v) is 2.50. The molecule has 4 heteroatoms. The average Bonchev–Trinajstić information content (AvgIpc) is 2.19. The van der Waals surface area contributed by atoms with Gasteiger partial charge < -0.3 is 15.8 Å². The highest BCUT2D eigenvalue weighted by Crippen LogP contribution is 2.06. The summed E-state index contributed by atoms with van der Waals surface area (Å²) in [6.45, 7) is 3.52. The molecule has 1 saturated heterocycles. The van der Waals surface area contributed by atoms with Crippen molar-refractivity contribution in [2.75, 3.05) is 13.2 Å². The molecule has 14 heavy (non-hydrogen) atoms. The number of hydrogen-bond donors (Lipinski definition) is 2. The number of ether oxygens (including phenoxy) is 1. The van der Waals surface area contributed by atoms with Crippen molar-refractivity contribution in [1.29, 1.82) is 0 Å². The Morgan fingerprint density at radius 3 is 2.79 bits per heavy atom. The fourth-order valence-corrected chi connectivity index (χ4v) is 1.59. The lowest BCUT2D eigenvalue weighted by Crippen LogP contribution is -2.47. The van der Waals surface area contributed by atoms with Crippen molar-refractivity contribution in [3.05, 3.63) is 0 Å². The molecule has 0 spiro atoms. The van der Waals surface area contributed by atoms with Gasteiger partial charge in [-0.25, -0.2) is 0 Å². The lowest BCUT2D eigenvalue weighted by Gasteiger charge is -2.24. The van der Waals surface area contributed by atoms with Gasteiger partial charge in [-0.2, -0.15) is 0 Å². The fourth-order valence-electron chi connectivity index (χ4n) is 1.59. The summed E-state index contributed by atoms with van der Waals surface area (Å²) in [6, 6.07) is -0.0815. The molecule has 3 N–H and O–H groups in total. The first-order valence-corrected chi connectivity index (χ1v) is 5.37. The van der Waals surface area contributed by atoms with Crippen LogP contribution in [0.15, 0.2) is 0 Å². The smallest absolute Gasteiger partial charge is 0.237 e. The van der Waals surface area contributed by atoms with Gasteiger partial charge in [0.25, 0.3) is 0 Å². The first-order valence-electron chi connectivity index (χ1n) is 5.37. The van der Waals surface area contributed by atoms with Gasteiger partial charge in [-0.1, -0.05) is 13.3 Å². The van der Waals surface area contributed by atoms with Gasteiger partial charge in [-0.3, -0.25) is 4.79 Å². The maximum absolute atomic E-state index is 11.5. The number of nitrogens with one attached hydrogen (secondary N) is 1. The Balaban J connectivity index is 2.24. The molecular weight excluding hydrogens is 180 g/mol. The highest BCUT2D eigenvalue weighted by Gasteiger charge is 2.19. The Hall–Kier alpha value is -0.610. The zero-order valence-electron chi connectivity index (χ0n) is 8.79. The van der Waals surface area contributed by atoms with Crippen LogP contribution in [0.5, 0.6) is 0 Å². The van der Waals surface area contributed by atoms with Crippen molar-refractivity contribution in [2.24, 2.45) is 5.73 Å². The van der Waals surface area contributed by atoms with Gasteiger partial charge >= 0.3 is 0 Å². The summed E-state index contributed by atoms with van der Waals surface area (Å²) >= 11 is 0. The molecule has 1 heterocycles. The van der Waals surface area contributed by atoms with E-state index < -0.39 is 0 Å². The molecule has 0 bridgehead atoms. The monoisotopic (exact) mass is 200 g/mol. The lowest BCUT2D eigenvalue weighted by atomic mass is 10.1. The molecule has 0 aliphatic carbocycles. The molecule has 0 radical (unpaired) electrons. The van der Waals surface area contributed by atoms with Crippen LogP contribution in [0, 0.1) is 0 Å². The van der Waals surface area contributed by atoms with E-state index in [4.69, 9.17) is 10.5 Å². The summed E-state index contributed by atoms with van der Waals surface area (Å²) in [5.41, 5.74) is 5.70. The van der Waals surface area contributed by atoms with E-state index >= 15 is 0 Å². The average molecular weight is 200 g/mol. The third-order valence-electron chi connectivity index (χ3n) is 2.50. The van der Waals surface area contributed by atoms with Crippen LogP contribution in [0.3, 0.4) is 0 Å². The minimum atomic E-state index is -0.345. The highest BCUT2D eigenvalue weighted by atomic mass is 16.5. The van der Waals surface area contributed by atoms with Gasteiger partial charge in [0.1, 0.15) is 0 Å². The van der Waals surface area contributed by atoms with Crippen molar-refractivity contribution in [3.63, 3.8) is 0 Å². The molecule has 1 amide bonds. The summed E-state index contributed by atoms with van der Waals surface area (Å²) in [5.74, 6) is -0.0150. The van der Waals surface area contributed by atoms with Crippen molar-refractivity contribution in [1.82, 2.24) is 5.32 Å². The molecule has 0 unspecified atom stereocenters. The number of nitrogens with two attached hydrogens (primary N) is 1. The predicted octanol–water partition coefficient (Wildman–Crippen LogP) is 0.409. The summed E-state index contributed by atoms with van der Waals surface area (Å²) in [7, 11) is 0. The quantitative estimate of drug-likeness (QED) is 0.691. The van der Waals surface area contributed by atoms with Crippen molar-refractivity contribution in [3.8, 4) is 0 Å². The van der Waals surface area contributed by atoms with Crippen LogP contribution in [0.4, 0.5) is 0 Å². The fraction of sp³-hybridized carbons (Fsp3) is 0.900. The van der Waals surface area contributed by atoms with Gasteiger partial charge in [0.15, 0.2) is 0 Å². The summed E-state index contributed by atoms with van der Waals surface area (Å²) < 4.78 is 5.21. The first kappa shape index (κ1) is 11.5. The molecule has 1 atom stereocenters. The van der Waals surface area contributed by atoms with Crippen molar-refractivity contribution >= 4 is 5.91 Å². The minimum Gasteiger partial charge on any atom is -0.381 e. The predicted molar refractivity (Wildman–Crippen MR) is 54.9 cm³/mol. The molecule has 1 rings (SSSR count). The van der Waals surface area contributed by atoms with Gasteiger partial charge in [-0.15, -0.1) is 0 Å². The van der Waals surface area contributed by atoms with E-state index in [9.17, 15) is 4.79 Å². The molecule has 0 aromatic heterocycles. The summed E-state index contributed by atoms with van der Waals surface area (Å²) in [5, 5.41) is 2.96. The van der Waals surface area contributed by atoms with E-state index in [1.54, 1.807) is 0 Å². The Kier molecular flexibility index (Phi) is 4.90. The summed E-state index contributed by atoms with van der Waals surface area (Å²) in [6.07, 6.45) is 3.52. The Bertz CT molecular complexity index is 179. The van der Waals surface area contributed by atoms with Crippen LogP contribution >= 0.6 is 0 Å². The number of amides is 1. The van der Waals surface area contributed by atoms with Crippen molar-refractivity contribution < 1.29 is 9.53 Å². The SMILES string of the molecule is CCC[C@@H](N)C(=O)NC1CCOCC1. The second kappa shape index (κ2) is 5.98. The number of carbonyl (C=O) groups is 1. The van der Waals surface area contributed by atoms with Crippen LogP contribution in [0.1, 0.15) is 32.6 Å². The molecule has 1 aliphatic rings. The molecule has 0 saturated carbocycles. The Morgan fingerprint density at radius 1 is 1.57 bits per heavy atom. The topological polar surface area (TPSA) is 64.4 Å². The maximum Gasteiger partial charge on any atom is 0.237 e. The number of rotatable bonds is 4. The molecular formula is C10H20N2O2. The highest BCUT2D eigenvalue weighted by molar-refractivity contribution is 5.81. The summed E-state index contributed by atoms with van der Waals surface area (Å²) in [4.78, 5) is 11.5. The van der Waals surface area contributed by atoms with Gasteiger partial charge in [0, 0.05) is 19.3 Å². The van der Waals surface area contributed by atoms with Crippen LogP contribution in [0.25, 0.3) is 0 Å². The van der Waals surface area contributed by atoms with E-state index in [0.717, 1.165) is 38.9 Å². The Morgan fingerprint density at radius 2 is 2.21 bits per heavy atom. The number of hydrogen-bond acceptors (Lipinski definition) is 3. The van der Waals surface area contributed by atoms with Crippen LogP contribution < -0.4 is 11.1 Å². The van der Waals surface area contributed by atoms with Crippen LogP contribution in [0.2, 0.25) is 0 Å². The molecule has 4 nitrogen and oxygen atoms in total. The lowest BCUT2D eigenvalue weighted by molar-refractivity contribution is -0.123. The second-order valence-electron chi connectivity index (χ2n) is 3.79. The molecule has 0 aromatic rings. The molecule has 1 aliphatic heterocycles. The van der Waals surface area contributed by atoms with Crippen LogP contribution in [-0.2, 0) is 9.53 Å². The van der Waals surface area contributed by atoms with E-state index in [1.165, 1.54) is 0 Å². The van der Waals surface area contributed by atoms with Crippen LogP contribution in [-0.4, -0.2) is 31.2 Å². The molecule has 1 fully saturated rings. The third kappa shape index (κ3) is 3.64. The Labute approximate surface area is 85.2 Å². The van der Waals surface area contributed by atoms with E-state index in [2.05, 4.69) is 5.32 Å². The standard InChI is InChI=1S/C10H20N2O2/c1-2-3-9(11)10(13)12-8-4-6-14-7-5-8/h8-9H,2-7,11H2,1H3,(H,12,13)/t9-/m1/s1. The van der Waals surface area contributed by atoms with E-state index in [1.807, 2.05) is 6.92 Å². The van der Waals surface area contributed by atoms with Gasteiger partial charge in [0.2, 0.25) is 5.91 Å². The maximum atomic E-state index is 11.5. The minimum absolute atomic E-state index is 0.0150. The largest absolute Gasteiger partial charge is 0.381 e. The number of carbonyl (C=O) groups excluding carboxylic acids is 1. The van der Waals surface area contributed by atoms with E-state index in [0.29, 0.717) is 0 Å². The first-order chi connectivity index (χ1) is 6.74. The molecule has 0 aromatic carbocycles. The van der Waals surface area contributed by atoms with Crippen molar-refractivity contribution in [2.45, 2.75) is 44.7 Å². The normalized spacial score (nSPS) is 20.4. The second-order valence-corrected chi connectivity index (χ2v) is 3.79. The van der Waals surface area contributed by atoms with Gasteiger partial charge in [-0.05, 0) is 19.3 Å². The van der Waals surface area contributed by atoms with Gasteiger partial charge in [0.05, 0.1) is 6.04 Å². The molecule has 82 valence electrons. The zero-order chi connectivity index (χ0) is 10.4. The van der Waals surface area contributed by atoms with E-state index in [-0.39, 0.29) is 18.0 Å².